The Kier molecular flexibility index (Phi) is 3.35. The van der Waals surface area contributed by atoms with Gasteiger partial charge >= 0.3 is 0 Å². The standard InChI is InChI=1S/C14H12O2S2/c15-7-9-4-5-11-13(6-9)18-14-10(8-16)2-1-3-12(14)17-11/h1-6,15-16H,7-8H2. The molecule has 1 heterocycles. The van der Waals surface area contributed by atoms with Crippen LogP contribution in [-0.4, -0.2) is 10.2 Å². The van der Waals surface area contributed by atoms with Gasteiger partial charge in [-0.05, 0) is 29.3 Å². The molecule has 2 nitrogen and oxygen atoms in total. The van der Waals surface area contributed by atoms with Gasteiger partial charge in [0, 0.05) is 19.6 Å². The molecule has 2 aromatic rings. The molecule has 0 fully saturated rings. The van der Waals surface area contributed by atoms with Gasteiger partial charge in [0.2, 0.25) is 0 Å². The van der Waals surface area contributed by atoms with Gasteiger partial charge in [-0.3, -0.25) is 0 Å². The van der Waals surface area contributed by atoms with Gasteiger partial charge in [-0.2, -0.15) is 0 Å². The average molecular weight is 276 g/mol. The minimum atomic E-state index is 0.0613. The van der Waals surface area contributed by atoms with Crippen molar-refractivity contribution in [1.29, 1.82) is 0 Å². The average Bonchev–Trinajstić information content (AvgIpc) is 2.43. The van der Waals surface area contributed by atoms with Crippen LogP contribution in [0.15, 0.2) is 56.0 Å². The molecule has 0 aliphatic carbocycles. The van der Waals surface area contributed by atoms with E-state index in [2.05, 4.69) is 6.07 Å². The van der Waals surface area contributed by atoms with Gasteiger partial charge in [-0.15, -0.1) is 0 Å². The van der Waals surface area contributed by atoms with E-state index < -0.39 is 0 Å². The minimum absolute atomic E-state index is 0.0613. The van der Waals surface area contributed by atoms with Crippen LogP contribution in [-0.2, 0) is 13.2 Å². The fourth-order valence-electron chi connectivity index (χ4n) is 1.93. The van der Waals surface area contributed by atoms with Crippen LogP contribution in [0.2, 0.25) is 0 Å². The highest BCUT2D eigenvalue weighted by Gasteiger charge is 2.19. The van der Waals surface area contributed by atoms with E-state index in [0.717, 1.165) is 20.9 Å². The maximum Gasteiger partial charge on any atom is 0.0693 e. The molecule has 1 aliphatic rings. The van der Waals surface area contributed by atoms with Crippen molar-refractivity contribution in [3.05, 3.63) is 47.5 Å². The summed E-state index contributed by atoms with van der Waals surface area (Å²) in [7, 11) is 0. The van der Waals surface area contributed by atoms with Gasteiger partial charge < -0.3 is 10.2 Å². The molecular formula is C14H12O2S2. The Morgan fingerprint density at radius 1 is 0.833 bits per heavy atom. The third-order valence-corrected chi connectivity index (χ3v) is 5.49. The van der Waals surface area contributed by atoms with Crippen LogP contribution in [0.4, 0.5) is 0 Å². The van der Waals surface area contributed by atoms with Crippen molar-refractivity contribution in [2.75, 3.05) is 0 Å². The number of benzene rings is 2. The molecule has 92 valence electrons. The first-order valence-electron chi connectivity index (χ1n) is 5.64. The monoisotopic (exact) mass is 276 g/mol. The first-order valence-corrected chi connectivity index (χ1v) is 7.27. The van der Waals surface area contributed by atoms with Crippen LogP contribution < -0.4 is 0 Å². The van der Waals surface area contributed by atoms with Gasteiger partial charge in [-0.1, -0.05) is 41.7 Å². The normalized spacial score (nSPS) is 13.0. The van der Waals surface area contributed by atoms with Gasteiger partial charge in [0.25, 0.3) is 0 Å². The zero-order valence-corrected chi connectivity index (χ0v) is 11.2. The molecule has 2 N–H and O–H groups in total. The lowest BCUT2D eigenvalue weighted by Crippen LogP contribution is -1.96. The zero-order valence-electron chi connectivity index (χ0n) is 9.59. The molecule has 18 heavy (non-hydrogen) atoms. The number of hydrogen-bond donors (Lipinski definition) is 2. The number of fused-ring (bicyclic) bond motifs is 2. The van der Waals surface area contributed by atoms with Gasteiger partial charge in [-0.25, -0.2) is 0 Å². The zero-order chi connectivity index (χ0) is 12.5. The van der Waals surface area contributed by atoms with Crippen molar-refractivity contribution in [3.8, 4) is 0 Å². The first-order chi connectivity index (χ1) is 8.81. The van der Waals surface area contributed by atoms with Crippen molar-refractivity contribution in [2.45, 2.75) is 32.8 Å². The summed E-state index contributed by atoms with van der Waals surface area (Å²) < 4.78 is 0. The highest BCUT2D eigenvalue weighted by Crippen LogP contribution is 2.49. The molecule has 4 heteroatoms. The van der Waals surface area contributed by atoms with Crippen LogP contribution in [0.25, 0.3) is 0 Å². The maximum atomic E-state index is 9.38. The molecule has 0 bridgehead atoms. The lowest BCUT2D eigenvalue weighted by molar-refractivity contribution is 0.278. The number of rotatable bonds is 2. The Morgan fingerprint density at radius 3 is 2.50 bits per heavy atom. The van der Waals surface area contributed by atoms with E-state index in [9.17, 15) is 10.2 Å². The van der Waals surface area contributed by atoms with Crippen LogP contribution >= 0.6 is 23.5 Å². The highest BCUT2D eigenvalue weighted by molar-refractivity contribution is 8.05. The predicted molar refractivity (Wildman–Crippen MR) is 73.0 cm³/mol. The number of hydrogen-bond acceptors (Lipinski definition) is 4. The van der Waals surface area contributed by atoms with Crippen LogP contribution in [0.3, 0.4) is 0 Å². The van der Waals surface area contributed by atoms with Crippen molar-refractivity contribution >= 4 is 23.5 Å². The third-order valence-electron chi connectivity index (χ3n) is 2.85. The summed E-state index contributed by atoms with van der Waals surface area (Å²) in [6, 6.07) is 12.0. The minimum Gasteiger partial charge on any atom is -0.392 e. The lowest BCUT2D eigenvalue weighted by atomic mass is 10.2. The Bertz CT molecular complexity index is 596. The quantitative estimate of drug-likeness (QED) is 0.753. The van der Waals surface area contributed by atoms with E-state index in [1.54, 1.807) is 23.5 Å². The Hall–Kier alpha value is -0.940. The molecule has 2 aromatic carbocycles. The SMILES string of the molecule is OCc1ccc2c(c1)Sc1c(CO)cccc1S2. The second kappa shape index (κ2) is 4.97. The van der Waals surface area contributed by atoms with E-state index in [1.165, 1.54) is 9.79 Å². The Morgan fingerprint density at radius 2 is 1.72 bits per heavy atom. The predicted octanol–water partition coefficient (Wildman–Crippen LogP) is 3.29. The molecule has 0 saturated carbocycles. The lowest BCUT2D eigenvalue weighted by Gasteiger charge is -2.20. The summed E-state index contributed by atoms with van der Waals surface area (Å²) in [5.74, 6) is 0. The molecule has 0 aromatic heterocycles. The molecule has 1 aliphatic heterocycles. The summed E-state index contributed by atoms with van der Waals surface area (Å²) in [6.07, 6.45) is 0. The van der Waals surface area contributed by atoms with Gasteiger partial charge in [0.1, 0.15) is 0 Å². The summed E-state index contributed by atoms with van der Waals surface area (Å²) in [5, 5.41) is 18.6. The largest absolute Gasteiger partial charge is 0.392 e. The second-order valence-electron chi connectivity index (χ2n) is 4.05. The summed E-state index contributed by atoms with van der Waals surface area (Å²) in [4.78, 5) is 4.68. The molecule has 3 rings (SSSR count). The number of aliphatic hydroxyl groups excluding tert-OH is 2. The highest BCUT2D eigenvalue weighted by atomic mass is 32.2. The van der Waals surface area contributed by atoms with Crippen LogP contribution in [0.5, 0.6) is 0 Å². The summed E-state index contributed by atoms with van der Waals surface area (Å²) in [6.45, 7) is 0.124. The smallest absolute Gasteiger partial charge is 0.0693 e. The molecular weight excluding hydrogens is 264 g/mol. The third kappa shape index (κ3) is 2.06. The Balaban J connectivity index is 2.06. The first kappa shape index (κ1) is 12.1. The fraction of sp³-hybridized carbons (Fsp3) is 0.143. The molecule has 0 saturated heterocycles. The molecule has 0 amide bonds. The van der Waals surface area contributed by atoms with E-state index in [-0.39, 0.29) is 13.2 Å². The van der Waals surface area contributed by atoms with E-state index >= 15 is 0 Å². The topological polar surface area (TPSA) is 40.5 Å². The van der Waals surface area contributed by atoms with Gasteiger partial charge in [0.05, 0.1) is 13.2 Å². The summed E-state index contributed by atoms with van der Waals surface area (Å²) >= 11 is 3.39. The molecule has 0 atom stereocenters. The van der Waals surface area contributed by atoms with E-state index in [4.69, 9.17) is 0 Å². The summed E-state index contributed by atoms with van der Waals surface area (Å²) in [5.41, 5.74) is 1.89. The second-order valence-corrected chi connectivity index (χ2v) is 6.18. The molecule has 0 radical (unpaired) electrons. The van der Waals surface area contributed by atoms with Crippen molar-refractivity contribution in [3.63, 3.8) is 0 Å². The van der Waals surface area contributed by atoms with Crippen molar-refractivity contribution in [2.24, 2.45) is 0 Å². The van der Waals surface area contributed by atoms with Crippen LogP contribution in [0.1, 0.15) is 11.1 Å². The van der Waals surface area contributed by atoms with Crippen molar-refractivity contribution < 1.29 is 10.2 Å². The van der Waals surface area contributed by atoms with E-state index in [0.29, 0.717) is 0 Å². The maximum absolute atomic E-state index is 9.38. The fourth-order valence-corrected chi connectivity index (χ4v) is 4.36. The number of aliphatic hydroxyl groups is 2. The van der Waals surface area contributed by atoms with Crippen molar-refractivity contribution in [1.82, 2.24) is 0 Å². The van der Waals surface area contributed by atoms with Crippen LogP contribution in [0, 0.1) is 0 Å². The van der Waals surface area contributed by atoms with Gasteiger partial charge in [0.15, 0.2) is 0 Å². The van der Waals surface area contributed by atoms with E-state index in [1.807, 2.05) is 30.3 Å². The molecule has 0 unspecified atom stereocenters. The Labute approximate surface area is 114 Å². The molecule has 0 spiro atoms.